The summed E-state index contributed by atoms with van der Waals surface area (Å²) in [6.07, 6.45) is 1.18. The van der Waals surface area contributed by atoms with E-state index in [2.05, 4.69) is 5.32 Å². The van der Waals surface area contributed by atoms with E-state index < -0.39 is 17.9 Å². The Morgan fingerprint density at radius 1 is 1.35 bits per heavy atom. The van der Waals surface area contributed by atoms with Crippen molar-refractivity contribution < 1.29 is 24.3 Å². The van der Waals surface area contributed by atoms with Crippen LogP contribution in [-0.2, 0) is 9.59 Å². The first-order valence-corrected chi connectivity index (χ1v) is 5.81. The van der Waals surface area contributed by atoms with E-state index in [0.717, 1.165) is 6.07 Å². The Hall–Kier alpha value is -2.70. The van der Waals surface area contributed by atoms with E-state index in [1.54, 1.807) is 0 Å². The number of aromatic hydroxyl groups is 1. The van der Waals surface area contributed by atoms with Gasteiger partial charge in [0.05, 0.1) is 5.56 Å². The lowest BCUT2D eigenvalue weighted by Crippen LogP contribution is -2.44. The minimum atomic E-state index is -0.999. The van der Waals surface area contributed by atoms with E-state index in [1.165, 1.54) is 12.1 Å². The van der Waals surface area contributed by atoms with Crippen molar-refractivity contribution in [2.45, 2.75) is 18.9 Å². The van der Waals surface area contributed by atoms with Gasteiger partial charge in [0, 0.05) is 12.0 Å². The van der Waals surface area contributed by atoms with Crippen LogP contribution in [0.4, 0.5) is 0 Å². The lowest BCUT2D eigenvalue weighted by atomic mass is 10.1. The Labute approximate surface area is 114 Å². The van der Waals surface area contributed by atoms with E-state index in [0.29, 0.717) is 12.6 Å². The summed E-state index contributed by atoms with van der Waals surface area (Å²) in [4.78, 5) is 44.3. The molecule has 1 aromatic rings. The summed E-state index contributed by atoms with van der Waals surface area (Å²) >= 11 is 0. The first-order valence-electron chi connectivity index (χ1n) is 5.81. The summed E-state index contributed by atoms with van der Waals surface area (Å²) in [7, 11) is 0. The highest BCUT2D eigenvalue weighted by molar-refractivity contribution is 6.03. The minimum Gasteiger partial charge on any atom is -0.508 e. The van der Waals surface area contributed by atoms with Crippen LogP contribution in [0.15, 0.2) is 18.2 Å². The Balaban J connectivity index is 2.91. The van der Waals surface area contributed by atoms with Crippen LogP contribution < -0.4 is 11.1 Å². The number of phenolic OH excluding ortho intramolecular Hbond substituents is 1. The van der Waals surface area contributed by atoms with Gasteiger partial charge in [0.2, 0.25) is 5.91 Å². The molecule has 0 radical (unpaired) electrons. The largest absolute Gasteiger partial charge is 0.508 e. The van der Waals surface area contributed by atoms with Crippen molar-refractivity contribution in [2.24, 2.45) is 5.73 Å². The zero-order valence-corrected chi connectivity index (χ0v) is 10.5. The maximum Gasteiger partial charge on any atom is 0.252 e. The van der Waals surface area contributed by atoms with Crippen molar-refractivity contribution in [2.75, 3.05) is 0 Å². The number of benzene rings is 1. The minimum absolute atomic E-state index is 0.00940. The van der Waals surface area contributed by atoms with E-state index in [-0.39, 0.29) is 29.7 Å². The maximum absolute atomic E-state index is 12.0. The number of carbonyl (C=O) groups excluding carboxylic acids is 4. The molecule has 0 saturated heterocycles. The zero-order valence-electron chi connectivity index (χ0n) is 10.5. The second kappa shape index (κ2) is 7.03. The fourth-order valence-electron chi connectivity index (χ4n) is 1.61. The molecule has 1 atom stereocenters. The van der Waals surface area contributed by atoms with Crippen LogP contribution in [0, 0.1) is 0 Å². The van der Waals surface area contributed by atoms with Gasteiger partial charge in [-0.25, -0.2) is 0 Å². The number of phenols is 1. The van der Waals surface area contributed by atoms with Crippen LogP contribution >= 0.6 is 0 Å². The molecule has 20 heavy (non-hydrogen) atoms. The summed E-state index contributed by atoms with van der Waals surface area (Å²) in [5.74, 6) is -1.61. The fourth-order valence-corrected chi connectivity index (χ4v) is 1.61. The lowest BCUT2D eigenvalue weighted by Gasteiger charge is -2.15. The van der Waals surface area contributed by atoms with Crippen LogP contribution in [0.5, 0.6) is 5.75 Å². The van der Waals surface area contributed by atoms with Crippen molar-refractivity contribution in [3.05, 3.63) is 29.3 Å². The Morgan fingerprint density at radius 2 is 2.05 bits per heavy atom. The second-order valence-electron chi connectivity index (χ2n) is 4.06. The van der Waals surface area contributed by atoms with E-state index >= 15 is 0 Å². The quantitative estimate of drug-likeness (QED) is 0.594. The molecule has 0 aliphatic rings. The molecule has 1 rings (SSSR count). The molecule has 0 saturated carbocycles. The summed E-state index contributed by atoms with van der Waals surface area (Å²) in [6, 6.07) is 2.63. The van der Waals surface area contributed by atoms with Gasteiger partial charge in [-0.1, -0.05) is 0 Å². The third-order valence-electron chi connectivity index (χ3n) is 2.63. The van der Waals surface area contributed by atoms with E-state index in [9.17, 15) is 24.3 Å². The van der Waals surface area contributed by atoms with E-state index in [4.69, 9.17) is 5.73 Å². The maximum atomic E-state index is 12.0. The normalized spacial score (nSPS) is 11.4. The average molecular weight is 278 g/mol. The molecule has 4 N–H and O–H groups in total. The SMILES string of the molecule is NC(=O)C(CCC=O)NC(=O)c1ccc(O)cc1C=O. The molecule has 7 heteroatoms. The number of rotatable bonds is 7. The highest BCUT2D eigenvalue weighted by atomic mass is 16.3. The molecule has 0 aliphatic heterocycles. The Bertz CT molecular complexity index is 542. The van der Waals surface area contributed by atoms with Gasteiger partial charge in [0.1, 0.15) is 18.1 Å². The van der Waals surface area contributed by atoms with Crippen molar-refractivity contribution in [3.63, 3.8) is 0 Å². The standard InChI is InChI=1S/C13H14N2O5/c14-12(19)11(2-1-5-16)15-13(20)10-4-3-9(18)6-8(10)7-17/h3-7,11,18H,1-2H2,(H2,14,19)(H,15,20). The third kappa shape index (κ3) is 3.91. The van der Waals surface area contributed by atoms with Gasteiger partial charge in [-0.15, -0.1) is 0 Å². The number of aldehydes is 2. The van der Waals surface area contributed by atoms with Crippen LogP contribution in [-0.4, -0.2) is 35.5 Å². The first-order chi connectivity index (χ1) is 9.49. The van der Waals surface area contributed by atoms with Gasteiger partial charge in [-0.2, -0.15) is 0 Å². The van der Waals surface area contributed by atoms with Crippen molar-refractivity contribution >= 4 is 24.4 Å². The molecule has 0 aromatic heterocycles. The van der Waals surface area contributed by atoms with Crippen LogP contribution in [0.2, 0.25) is 0 Å². The number of amides is 2. The highest BCUT2D eigenvalue weighted by Crippen LogP contribution is 2.15. The summed E-state index contributed by atoms with van der Waals surface area (Å²) in [5, 5.41) is 11.6. The smallest absolute Gasteiger partial charge is 0.252 e. The number of carbonyl (C=O) groups is 4. The number of primary amides is 1. The fraction of sp³-hybridized carbons (Fsp3) is 0.231. The van der Waals surface area contributed by atoms with Gasteiger partial charge in [0.25, 0.3) is 5.91 Å². The average Bonchev–Trinajstić information content (AvgIpc) is 2.42. The summed E-state index contributed by atoms with van der Waals surface area (Å²) < 4.78 is 0. The van der Waals surface area contributed by atoms with Gasteiger partial charge < -0.3 is 21.0 Å². The van der Waals surface area contributed by atoms with Gasteiger partial charge in [-0.05, 0) is 24.6 Å². The molecular weight excluding hydrogens is 264 g/mol. The molecule has 0 bridgehead atoms. The van der Waals surface area contributed by atoms with Gasteiger partial charge in [0.15, 0.2) is 6.29 Å². The van der Waals surface area contributed by atoms with Crippen molar-refractivity contribution in [1.29, 1.82) is 0 Å². The molecule has 1 unspecified atom stereocenters. The zero-order chi connectivity index (χ0) is 15.1. The summed E-state index contributed by atoms with van der Waals surface area (Å²) in [5.41, 5.74) is 5.12. The molecule has 0 heterocycles. The lowest BCUT2D eigenvalue weighted by molar-refractivity contribution is -0.120. The molecule has 0 spiro atoms. The number of nitrogens with two attached hydrogens (primary N) is 1. The summed E-state index contributed by atoms with van der Waals surface area (Å²) in [6.45, 7) is 0. The number of hydrogen-bond acceptors (Lipinski definition) is 5. The molecule has 1 aromatic carbocycles. The van der Waals surface area contributed by atoms with Crippen LogP contribution in [0.25, 0.3) is 0 Å². The first kappa shape index (κ1) is 15.4. The monoisotopic (exact) mass is 278 g/mol. The highest BCUT2D eigenvalue weighted by Gasteiger charge is 2.20. The van der Waals surface area contributed by atoms with Crippen molar-refractivity contribution in [1.82, 2.24) is 5.32 Å². The van der Waals surface area contributed by atoms with Gasteiger partial charge >= 0.3 is 0 Å². The van der Waals surface area contributed by atoms with Crippen LogP contribution in [0.1, 0.15) is 33.6 Å². The van der Waals surface area contributed by atoms with Crippen LogP contribution in [0.3, 0.4) is 0 Å². The molecule has 0 fully saturated rings. The predicted octanol–water partition coefficient (Wildman–Crippen LogP) is -0.232. The van der Waals surface area contributed by atoms with Crippen molar-refractivity contribution in [3.8, 4) is 5.75 Å². The predicted molar refractivity (Wildman–Crippen MR) is 69.2 cm³/mol. The molecule has 106 valence electrons. The van der Waals surface area contributed by atoms with Gasteiger partial charge in [-0.3, -0.25) is 14.4 Å². The third-order valence-corrected chi connectivity index (χ3v) is 2.63. The molecular formula is C13H14N2O5. The number of hydrogen-bond donors (Lipinski definition) is 3. The Kier molecular flexibility index (Phi) is 5.40. The second-order valence-corrected chi connectivity index (χ2v) is 4.06. The topological polar surface area (TPSA) is 127 Å². The molecule has 7 nitrogen and oxygen atoms in total. The Morgan fingerprint density at radius 3 is 2.60 bits per heavy atom. The van der Waals surface area contributed by atoms with E-state index in [1.807, 2.05) is 0 Å². The molecule has 0 aliphatic carbocycles. The number of nitrogens with one attached hydrogen (secondary N) is 1. The molecule has 2 amide bonds.